The Labute approximate surface area is 221 Å². The highest BCUT2D eigenvalue weighted by Crippen LogP contribution is 2.31. The molecule has 0 fully saturated rings. The van der Waals surface area contributed by atoms with Gasteiger partial charge in [-0.2, -0.15) is 5.10 Å². The third-order valence-electron chi connectivity index (χ3n) is 5.30. The fourth-order valence-electron chi connectivity index (χ4n) is 3.75. The molecule has 0 aliphatic heterocycles. The Morgan fingerprint density at radius 2 is 1.91 bits per heavy atom. The van der Waals surface area contributed by atoms with Crippen LogP contribution in [-0.2, 0) is 6.54 Å². The topological polar surface area (TPSA) is 59.5 Å². The minimum absolute atomic E-state index is 0.172. The van der Waals surface area contributed by atoms with Crippen LogP contribution in [0.3, 0.4) is 0 Å². The molecule has 0 unspecified atom stereocenters. The summed E-state index contributed by atoms with van der Waals surface area (Å²) in [4.78, 5) is 12.6. The van der Waals surface area contributed by atoms with Crippen LogP contribution in [0.1, 0.15) is 21.7 Å². The number of carbonyl (C=O) groups excluding carboxylic acids is 1. The summed E-state index contributed by atoms with van der Waals surface area (Å²) in [6.07, 6.45) is 3.59. The summed E-state index contributed by atoms with van der Waals surface area (Å²) >= 11 is 19.3. The lowest BCUT2D eigenvalue weighted by molar-refractivity contribution is 0.0929. The number of nitrogens with zero attached hydrogens (tertiary/aromatic N) is 2. The molecule has 5 aromatic rings. The van der Waals surface area contributed by atoms with E-state index in [1.54, 1.807) is 18.3 Å². The number of fused-ring (bicyclic) bond motifs is 2. The first kappa shape index (κ1) is 23.2. The number of nitrogens with one attached hydrogen (secondary N) is 1. The molecule has 170 valence electrons. The quantitative estimate of drug-likeness (QED) is 0.160. The van der Waals surface area contributed by atoms with Crippen LogP contribution in [0.15, 0.2) is 85.3 Å². The molecule has 0 bridgehead atoms. The first-order valence-corrected chi connectivity index (χ1v) is 12.5. The van der Waals surface area contributed by atoms with Crippen molar-refractivity contribution >= 4 is 89.1 Å². The number of carbonyl (C=O) groups is 1. The fraction of sp³-hybridized carbons (Fsp3) is 0.0400. The number of aromatic nitrogens is 1. The van der Waals surface area contributed by atoms with E-state index in [-0.39, 0.29) is 5.76 Å². The van der Waals surface area contributed by atoms with Crippen molar-refractivity contribution < 1.29 is 9.21 Å². The normalized spacial score (nSPS) is 11.6. The number of halogens is 4. The second kappa shape index (κ2) is 9.58. The molecule has 2 heterocycles. The summed E-state index contributed by atoms with van der Waals surface area (Å²) in [6, 6.07) is 18.9. The van der Waals surface area contributed by atoms with Crippen LogP contribution in [-0.4, -0.2) is 16.7 Å². The van der Waals surface area contributed by atoms with Gasteiger partial charge in [0.2, 0.25) is 0 Å². The van der Waals surface area contributed by atoms with Crippen molar-refractivity contribution in [2.75, 3.05) is 0 Å². The lowest BCUT2D eigenvalue weighted by Gasteiger charge is -2.08. The van der Waals surface area contributed by atoms with Gasteiger partial charge in [-0.25, -0.2) is 5.43 Å². The standard InChI is InChI=1S/C25H15Br2Cl2N3O2/c26-17-7-15-8-23(34-24(15)20(27)9-17)25(33)31-30-11-16-13-32(22-4-2-1-3-19(16)22)12-14-5-6-18(28)10-21(14)29/h1-11,13H,12H2,(H,31,33)/b30-11-. The Morgan fingerprint density at radius 3 is 2.74 bits per heavy atom. The Morgan fingerprint density at radius 1 is 1.09 bits per heavy atom. The van der Waals surface area contributed by atoms with Crippen molar-refractivity contribution in [1.29, 1.82) is 0 Å². The van der Waals surface area contributed by atoms with Crippen molar-refractivity contribution in [3.8, 4) is 0 Å². The van der Waals surface area contributed by atoms with Crippen LogP contribution in [0.5, 0.6) is 0 Å². The SMILES string of the molecule is O=C(N/N=C\c1cn(Cc2ccc(Cl)cc2Cl)c2ccccc12)c1cc2cc(Br)cc(Br)c2o1. The smallest absolute Gasteiger partial charge is 0.307 e. The van der Waals surface area contributed by atoms with Crippen molar-refractivity contribution in [2.45, 2.75) is 6.54 Å². The highest BCUT2D eigenvalue weighted by atomic mass is 79.9. The molecule has 0 atom stereocenters. The van der Waals surface area contributed by atoms with Crippen LogP contribution in [0.2, 0.25) is 10.0 Å². The van der Waals surface area contributed by atoms with Gasteiger partial charge in [0.25, 0.3) is 0 Å². The maximum atomic E-state index is 12.6. The van der Waals surface area contributed by atoms with Gasteiger partial charge in [-0.05, 0) is 57.9 Å². The molecule has 0 radical (unpaired) electrons. The number of amides is 1. The molecule has 0 spiro atoms. The predicted octanol–water partition coefficient (Wildman–Crippen LogP) is 8.03. The van der Waals surface area contributed by atoms with Gasteiger partial charge in [-0.1, -0.05) is 63.4 Å². The van der Waals surface area contributed by atoms with Gasteiger partial charge < -0.3 is 8.98 Å². The van der Waals surface area contributed by atoms with Crippen LogP contribution in [0.25, 0.3) is 21.9 Å². The van der Waals surface area contributed by atoms with E-state index >= 15 is 0 Å². The van der Waals surface area contributed by atoms with Crippen LogP contribution >= 0.6 is 55.1 Å². The molecule has 2 aromatic heterocycles. The van der Waals surface area contributed by atoms with Crippen molar-refractivity contribution in [1.82, 2.24) is 9.99 Å². The molecule has 5 rings (SSSR count). The van der Waals surface area contributed by atoms with E-state index in [1.807, 2.05) is 54.7 Å². The summed E-state index contributed by atoms with van der Waals surface area (Å²) in [7, 11) is 0. The minimum atomic E-state index is -0.438. The molecule has 3 aromatic carbocycles. The molecule has 0 saturated heterocycles. The number of furan rings is 1. The van der Waals surface area contributed by atoms with Crippen LogP contribution < -0.4 is 5.43 Å². The molecular weight excluding hydrogens is 605 g/mol. The molecule has 0 saturated carbocycles. The van der Waals surface area contributed by atoms with Crippen LogP contribution in [0.4, 0.5) is 0 Å². The summed E-state index contributed by atoms with van der Waals surface area (Å²) in [5, 5.41) is 7.18. The lowest BCUT2D eigenvalue weighted by Crippen LogP contribution is -2.16. The highest BCUT2D eigenvalue weighted by molar-refractivity contribution is 9.11. The van der Waals surface area contributed by atoms with Gasteiger partial charge in [0, 0.05) is 49.1 Å². The molecular formula is C25H15Br2Cl2N3O2. The third kappa shape index (κ3) is 4.66. The second-order valence-electron chi connectivity index (χ2n) is 7.58. The number of hydrazone groups is 1. The summed E-state index contributed by atoms with van der Waals surface area (Å²) in [6.45, 7) is 0.570. The Balaban J connectivity index is 1.39. The molecule has 34 heavy (non-hydrogen) atoms. The average Bonchev–Trinajstić information content (AvgIpc) is 3.38. The van der Waals surface area contributed by atoms with E-state index in [0.717, 1.165) is 36.4 Å². The van der Waals surface area contributed by atoms with Gasteiger partial charge in [-0.3, -0.25) is 4.79 Å². The first-order valence-electron chi connectivity index (χ1n) is 10.1. The number of hydrogen-bond donors (Lipinski definition) is 1. The lowest BCUT2D eigenvalue weighted by atomic mass is 10.2. The van der Waals surface area contributed by atoms with Gasteiger partial charge in [0.05, 0.1) is 10.7 Å². The zero-order chi connectivity index (χ0) is 23.8. The number of rotatable bonds is 5. The number of hydrogen-bond acceptors (Lipinski definition) is 3. The van der Waals surface area contributed by atoms with E-state index < -0.39 is 5.91 Å². The monoisotopic (exact) mass is 617 g/mol. The first-order chi connectivity index (χ1) is 16.4. The average molecular weight is 620 g/mol. The largest absolute Gasteiger partial charge is 0.450 e. The molecule has 0 aliphatic rings. The van der Waals surface area contributed by atoms with Crippen molar-refractivity contribution in [3.05, 3.63) is 103 Å². The van der Waals surface area contributed by atoms with Crippen LogP contribution in [0, 0.1) is 0 Å². The fourth-order valence-corrected chi connectivity index (χ4v) is 5.55. The number of benzene rings is 3. The Hall–Kier alpha value is -2.58. The molecule has 1 amide bonds. The van der Waals surface area contributed by atoms with Gasteiger partial charge in [0.1, 0.15) is 5.58 Å². The Bertz CT molecular complexity index is 1590. The summed E-state index contributed by atoms with van der Waals surface area (Å²) in [5.74, 6) is -0.266. The molecule has 0 aliphatic carbocycles. The van der Waals surface area contributed by atoms with Crippen molar-refractivity contribution in [2.24, 2.45) is 5.10 Å². The predicted molar refractivity (Wildman–Crippen MR) is 144 cm³/mol. The van der Waals surface area contributed by atoms with Gasteiger partial charge in [0.15, 0.2) is 5.76 Å². The van der Waals surface area contributed by atoms with Crippen molar-refractivity contribution in [3.63, 3.8) is 0 Å². The van der Waals surface area contributed by atoms with E-state index in [0.29, 0.717) is 22.2 Å². The van der Waals surface area contributed by atoms with Gasteiger partial charge >= 0.3 is 5.91 Å². The molecule has 5 nitrogen and oxygen atoms in total. The minimum Gasteiger partial charge on any atom is -0.450 e. The summed E-state index contributed by atoms with van der Waals surface area (Å²) in [5.41, 5.74) is 5.98. The molecule has 9 heteroatoms. The van der Waals surface area contributed by atoms with E-state index in [1.165, 1.54) is 0 Å². The Kier molecular flexibility index (Phi) is 6.53. The zero-order valence-electron chi connectivity index (χ0n) is 17.4. The second-order valence-corrected chi connectivity index (χ2v) is 10.2. The highest BCUT2D eigenvalue weighted by Gasteiger charge is 2.14. The van der Waals surface area contributed by atoms with E-state index in [4.69, 9.17) is 27.6 Å². The van der Waals surface area contributed by atoms with E-state index in [9.17, 15) is 4.79 Å². The maximum absolute atomic E-state index is 12.6. The number of para-hydroxylation sites is 1. The summed E-state index contributed by atoms with van der Waals surface area (Å²) < 4.78 is 9.43. The third-order valence-corrected chi connectivity index (χ3v) is 6.94. The zero-order valence-corrected chi connectivity index (χ0v) is 22.0. The maximum Gasteiger partial charge on any atom is 0.307 e. The molecule has 1 N–H and O–H groups in total. The van der Waals surface area contributed by atoms with E-state index in [2.05, 4.69) is 47.0 Å². The van der Waals surface area contributed by atoms with Gasteiger partial charge in [-0.15, -0.1) is 0 Å².